The number of hydrogen-bond acceptors (Lipinski definition) is 2. The van der Waals surface area contributed by atoms with Gasteiger partial charge in [-0.2, -0.15) is 8.78 Å². The molecule has 0 fully saturated rings. The SMILES string of the molecule is CC(C)C(C)CNCc1cc(Br)ccc1OC(F)F. The molecule has 1 unspecified atom stereocenters. The van der Waals surface area contributed by atoms with Gasteiger partial charge in [0, 0.05) is 16.6 Å². The second-order valence-electron chi connectivity index (χ2n) is 4.98. The Bertz CT molecular complexity index is 399. The van der Waals surface area contributed by atoms with E-state index in [1.54, 1.807) is 18.2 Å². The molecule has 1 N–H and O–H groups in total. The lowest BCUT2D eigenvalue weighted by Crippen LogP contribution is -2.24. The Labute approximate surface area is 121 Å². The van der Waals surface area contributed by atoms with Crippen molar-refractivity contribution in [2.24, 2.45) is 11.8 Å². The number of ether oxygens (including phenoxy) is 1. The monoisotopic (exact) mass is 335 g/mol. The van der Waals surface area contributed by atoms with Gasteiger partial charge in [-0.15, -0.1) is 0 Å². The summed E-state index contributed by atoms with van der Waals surface area (Å²) in [5.41, 5.74) is 0.727. The van der Waals surface area contributed by atoms with Gasteiger partial charge in [-0.1, -0.05) is 36.7 Å². The van der Waals surface area contributed by atoms with Crippen LogP contribution in [0.1, 0.15) is 26.3 Å². The topological polar surface area (TPSA) is 21.3 Å². The van der Waals surface area contributed by atoms with Crippen molar-refractivity contribution >= 4 is 15.9 Å². The summed E-state index contributed by atoms with van der Waals surface area (Å²) in [6, 6.07) is 5.04. The minimum absolute atomic E-state index is 0.225. The maximum absolute atomic E-state index is 12.3. The van der Waals surface area contributed by atoms with Gasteiger partial charge < -0.3 is 10.1 Å². The van der Waals surface area contributed by atoms with E-state index in [4.69, 9.17) is 0 Å². The maximum atomic E-state index is 12.3. The van der Waals surface area contributed by atoms with Crippen LogP contribution in [0.15, 0.2) is 22.7 Å². The van der Waals surface area contributed by atoms with Crippen LogP contribution in [0.4, 0.5) is 8.78 Å². The first-order valence-electron chi connectivity index (χ1n) is 6.34. The highest BCUT2D eigenvalue weighted by Gasteiger charge is 2.11. The van der Waals surface area contributed by atoms with Gasteiger partial charge in [0.1, 0.15) is 5.75 Å². The van der Waals surface area contributed by atoms with Gasteiger partial charge in [-0.05, 0) is 36.6 Å². The average molecular weight is 336 g/mol. The van der Waals surface area contributed by atoms with Crippen LogP contribution in [-0.2, 0) is 6.54 Å². The average Bonchev–Trinajstić information content (AvgIpc) is 2.31. The molecule has 5 heteroatoms. The highest BCUT2D eigenvalue weighted by molar-refractivity contribution is 9.10. The van der Waals surface area contributed by atoms with Gasteiger partial charge >= 0.3 is 6.61 Å². The number of nitrogens with one attached hydrogen (secondary N) is 1. The lowest BCUT2D eigenvalue weighted by molar-refractivity contribution is -0.0505. The number of alkyl halides is 2. The lowest BCUT2D eigenvalue weighted by atomic mass is 9.98. The Morgan fingerprint density at radius 1 is 1.26 bits per heavy atom. The van der Waals surface area contributed by atoms with Gasteiger partial charge in [0.25, 0.3) is 0 Å². The van der Waals surface area contributed by atoms with Gasteiger partial charge in [0.2, 0.25) is 0 Å². The van der Waals surface area contributed by atoms with Gasteiger partial charge in [0.15, 0.2) is 0 Å². The molecule has 0 aliphatic carbocycles. The minimum atomic E-state index is -2.80. The van der Waals surface area contributed by atoms with Crippen LogP contribution in [0.5, 0.6) is 5.75 Å². The Kier molecular flexibility index (Phi) is 6.72. The van der Waals surface area contributed by atoms with Crippen molar-refractivity contribution in [2.45, 2.75) is 33.9 Å². The van der Waals surface area contributed by atoms with Crippen LogP contribution in [0.2, 0.25) is 0 Å². The largest absolute Gasteiger partial charge is 0.434 e. The normalized spacial score (nSPS) is 13.1. The third-order valence-electron chi connectivity index (χ3n) is 3.16. The minimum Gasteiger partial charge on any atom is -0.434 e. The van der Waals surface area contributed by atoms with E-state index in [0.29, 0.717) is 18.4 Å². The number of halogens is 3. The van der Waals surface area contributed by atoms with Gasteiger partial charge in [-0.3, -0.25) is 0 Å². The zero-order valence-electron chi connectivity index (χ0n) is 11.4. The number of rotatable bonds is 7. The first-order valence-corrected chi connectivity index (χ1v) is 7.13. The Morgan fingerprint density at radius 3 is 2.53 bits per heavy atom. The highest BCUT2D eigenvalue weighted by atomic mass is 79.9. The summed E-state index contributed by atoms with van der Waals surface area (Å²) in [7, 11) is 0. The first kappa shape index (κ1) is 16.4. The van der Waals surface area contributed by atoms with Crippen molar-refractivity contribution < 1.29 is 13.5 Å². The Hall–Kier alpha value is -0.680. The lowest BCUT2D eigenvalue weighted by Gasteiger charge is -2.17. The van der Waals surface area contributed by atoms with Crippen LogP contribution in [0.25, 0.3) is 0 Å². The van der Waals surface area contributed by atoms with E-state index in [0.717, 1.165) is 16.6 Å². The maximum Gasteiger partial charge on any atom is 0.387 e. The molecular weight excluding hydrogens is 316 g/mol. The zero-order valence-corrected chi connectivity index (χ0v) is 13.0. The van der Waals surface area contributed by atoms with Crippen molar-refractivity contribution in [2.75, 3.05) is 6.54 Å². The summed E-state index contributed by atoms with van der Waals surface area (Å²) in [4.78, 5) is 0. The van der Waals surface area contributed by atoms with Crippen LogP contribution >= 0.6 is 15.9 Å². The predicted octanol–water partition coefficient (Wildman–Crippen LogP) is 4.43. The number of benzene rings is 1. The van der Waals surface area contributed by atoms with E-state index >= 15 is 0 Å². The molecule has 2 nitrogen and oxygen atoms in total. The fourth-order valence-corrected chi connectivity index (χ4v) is 1.98. The molecule has 0 saturated heterocycles. The molecule has 0 saturated carbocycles. The second kappa shape index (κ2) is 7.80. The molecule has 1 rings (SSSR count). The standard InChI is InChI=1S/C14H20BrF2NO/c1-9(2)10(3)7-18-8-11-6-12(15)4-5-13(11)19-14(16)17/h4-6,9-10,14,18H,7-8H2,1-3H3. The summed E-state index contributed by atoms with van der Waals surface area (Å²) in [6.45, 7) is 5.05. The molecule has 0 radical (unpaired) electrons. The third kappa shape index (κ3) is 5.87. The zero-order chi connectivity index (χ0) is 14.4. The van der Waals surface area contributed by atoms with E-state index in [1.165, 1.54) is 0 Å². The first-order chi connectivity index (χ1) is 8.90. The number of hydrogen-bond donors (Lipinski definition) is 1. The van der Waals surface area contributed by atoms with Crippen LogP contribution in [0, 0.1) is 11.8 Å². The molecule has 0 bridgehead atoms. The molecule has 0 aromatic heterocycles. The van der Waals surface area contributed by atoms with E-state index < -0.39 is 6.61 Å². The van der Waals surface area contributed by atoms with E-state index in [-0.39, 0.29) is 5.75 Å². The van der Waals surface area contributed by atoms with Crippen LogP contribution < -0.4 is 10.1 Å². The summed E-state index contributed by atoms with van der Waals surface area (Å²) in [5.74, 6) is 1.35. The van der Waals surface area contributed by atoms with E-state index in [9.17, 15) is 8.78 Å². The van der Waals surface area contributed by atoms with Gasteiger partial charge in [-0.25, -0.2) is 0 Å². The van der Waals surface area contributed by atoms with E-state index in [1.807, 2.05) is 0 Å². The van der Waals surface area contributed by atoms with Crippen molar-refractivity contribution in [3.63, 3.8) is 0 Å². The molecule has 0 aliphatic rings. The van der Waals surface area contributed by atoms with Crippen LogP contribution in [0.3, 0.4) is 0 Å². The summed E-state index contributed by atoms with van der Waals surface area (Å²) in [6.07, 6.45) is 0. The van der Waals surface area contributed by atoms with Crippen LogP contribution in [-0.4, -0.2) is 13.2 Å². The van der Waals surface area contributed by atoms with E-state index in [2.05, 4.69) is 46.8 Å². The van der Waals surface area contributed by atoms with Crippen molar-refractivity contribution in [3.8, 4) is 5.75 Å². The molecule has 108 valence electrons. The second-order valence-corrected chi connectivity index (χ2v) is 5.90. The summed E-state index contributed by atoms with van der Waals surface area (Å²) in [5, 5.41) is 3.28. The van der Waals surface area contributed by atoms with Crippen molar-refractivity contribution in [1.29, 1.82) is 0 Å². The smallest absolute Gasteiger partial charge is 0.387 e. The molecule has 0 amide bonds. The molecule has 1 aromatic rings. The highest BCUT2D eigenvalue weighted by Crippen LogP contribution is 2.24. The van der Waals surface area contributed by atoms with Gasteiger partial charge in [0.05, 0.1) is 0 Å². The molecular formula is C14H20BrF2NO. The molecule has 0 spiro atoms. The Balaban J connectivity index is 2.63. The van der Waals surface area contributed by atoms with Crippen molar-refractivity contribution in [1.82, 2.24) is 5.32 Å². The summed E-state index contributed by atoms with van der Waals surface area (Å²) < 4.78 is 30.0. The molecule has 19 heavy (non-hydrogen) atoms. The fraction of sp³-hybridized carbons (Fsp3) is 0.571. The third-order valence-corrected chi connectivity index (χ3v) is 3.65. The molecule has 1 atom stereocenters. The van der Waals surface area contributed by atoms with Crippen molar-refractivity contribution in [3.05, 3.63) is 28.2 Å². The molecule has 1 aromatic carbocycles. The predicted molar refractivity (Wildman–Crippen MR) is 76.5 cm³/mol. The molecule has 0 aliphatic heterocycles. The Morgan fingerprint density at radius 2 is 1.95 bits per heavy atom. The quantitative estimate of drug-likeness (QED) is 0.795. The fourth-order valence-electron chi connectivity index (χ4n) is 1.57. The summed E-state index contributed by atoms with van der Waals surface area (Å²) >= 11 is 3.34. The molecule has 0 heterocycles.